The number of rotatable bonds is 5. The summed E-state index contributed by atoms with van der Waals surface area (Å²) in [6.45, 7) is 2.20. The van der Waals surface area contributed by atoms with Crippen LogP contribution < -0.4 is 5.32 Å². The van der Waals surface area contributed by atoms with Crippen LogP contribution in [0.2, 0.25) is 0 Å². The molecule has 0 bridgehead atoms. The average Bonchev–Trinajstić information content (AvgIpc) is 2.43. The van der Waals surface area contributed by atoms with Crippen molar-refractivity contribution in [1.29, 1.82) is 0 Å². The molecule has 0 fully saturated rings. The molecular formula is C16H20N2. The van der Waals surface area contributed by atoms with Crippen LogP contribution in [0.5, 0.6) is 0 Å². The fourth-order valence-corrected chi connectivity index (χ4v) is 2.19. The van der Waals surface area contributed by atoms with Gasteiger partial charge in [0.2, 0.25) is 0 Å². The van der Waals surface area contributed by atoms with Gasteiger partial charge in [-0.15, -0.1) is 0 Å². The minimum Gasteiger partial charge on any atom is -0.313 e. The van der Waals surface area contributed by atoms with Crippen molar-refractivity contribution in [2.24, 2.45) is 0 Å². The summed E-state index contributed by atoms with van der Waals surface area (Å²) in [5, 5.41) is 3.32. The number of pyridine rings is 1. The fourth-order valence-electron chi connectivity index (χ4n) is 2.19. The number of hydrogen-bond donors (Lipinski definition) is 1. The molecule has 0 saturated heterocycles. The van der Waals surface area contributed by atoms with E-state index in [0.29, 0.717) is 6.04 Å². The van der Waals surface area contributed by atoms with Crippen molar-refractivity contribution in [2.75, 3.05) is 7.05 Å². The van der Waals surface area contributed by atoms with Gasteiger partial charge in [-0.05, 0) is 36.7 Å². The summed E-state index contributed by atoms with van der Waals surface area (Å²) in [6, 6.07) is 15.3. The third-order valence-corrected chi connectivity index (χ3v) is 3.25. The lowest BCUT2D eigenvalue weighted by molar-refractivity contribution is 0.577. The monoisotopic (exact) mass is 240 g/mol. The van der Waals surface area contributed by atoms with Gasteiger partial charge >= 0.3 is 0 Å². The van der Waals surface area contributed by atoms with Crippen molar-refractivity contribution in [1.82, 2.24) is 10.3 Å². The second-order valence-electron chi connectivity index (χ2n) is 4.49. The molecule has 94 valence electrons. The van der Waals surface area contributed by atoms with Crippen molar-refractivity contribution in [2.45, 2.75) is 25.8 Å². The van der Waals surface area contributed by atoms with Gasteiger partial charge in [-0.2, -0.15) is 0 Å². The summed E-state index contributed by atoms with van der Waals surface area (Å²) in [5.74, 6) is 0. The maximum absolute atomic E-state index is 4.35. The van der Waals surface area contributed by atoms with E-state index in [1.807, 2.05) is 25.4 Å². The highest BCUT2D eigenvalue weighted by Crippen LogP contribution is 2.17. The number of hydrogen-bond acceptors (Lipinski definition) is 2. The van der Waals surface area contributed by atoms with Crippen LogP contribution in [0.15, 0.2) is 48.7 Å². The van der Waals surface area contributed by atoms with Gasteiger partial charge in [-0.1, -0.05) is 37.3 Å². The van der Waals surface area contributed by atoms with Gasteiger partial charge in [0.25, 0.3) is 0 Å². The lowest BCUT2D eigenvalue weighted by Crippen LogP contribution is -2.15. The van der Waals surface area contributed by atoms with Crippen LogP contribution in [0.4, 0.5) is 0 Å². The molecule has 1 aromatic heterocycles. The Kier molecular flexibility index (Phi) is 4.48. The van der Waals surface area contributed by atoms with Crippen LogP contribution in [-0.2, 0) is 6.42 Å². The van der Waals surface area contributed by atoms with Crippen LogP contribution in [0, 0.1) is 0 Å². The predicted octanol–water partition coefficient (Wildman–Crippen LogP) is 3.34. The normalized spacial score (nSPS) is 12.3. The zero-order valence-electron chi connectivity index (χ0n) is 11.1. The molecule has 1 heterocycles. The molecule has 0 saturated carbocycles. The van der Waals surface area contributed by atoms with Crippen LogP contribution in [0.25, 0.3) is 0 Å². The molecule has 0 amide bonds. The summed E-state index contributed by atoms with van der Waals surface area (Å²) >= 11 is 0. The van der Waals surface area contributed by atoms with E-state index in [4.69, 9.17) is 0 Å². The van der Waals surface area contributed by atoms with Crippen molar-refractivity contribution >= 4 is 0 Å². The highest BCUT2D eigenvalue weighted by atomic mass is 14.9. The quantitative estimate of drug-likeness (QED) is 0.867. The first-order chi connectivity index (χ1) is 8.83. The predicted molar refractivity (Wildman–Crippen MR) is 75.6 cm³/mol. The van der Waals surface area contributed by atoms with Gasteiger partial charge in [0.15, 0.2) is 0 Å². The van der Waals surface area contributed by atoms with E-state index in [9.17, 15) is 0 Å². The van der Waals surface area contributed by atoms with Crippen LogP contribution in [-0.4, -0.2) is 12.0 Å². The van der Waals surface area contributed by atoms with Crippen LogP contribution >= 0.6 is 0 Å². The average molecular weight is 240 g/mol. The van der Waals surface area contributed by atoms with Crippen molar-refractivity contribution in [3.05, 3.63) is 65.5 Å². The molecule has 2 aromatic rings. The van der Waals surface area contributed by atoms with Crippen LogP contribution in [0.3, 0.4) is 0 Å². The Hall–Kier alpha value is -1.67. The molecule has 2 rings (SSSR count). The Morgan fingerprint density at radius 2 is 1.89 bits per heavy atom. The Bertz CT molecular complexity index is 458. The molecule has 1 unspecified atom stereocenters. The summed E-state index contributed by atoms with van der Waals surface area (Å²) in [5.41, 5.74) is 3.78. The van der Waals surface area contributed by atoms with Crippen LogP contribution in [0.1, 0.15) is 36.2 Å². The Morgan fingerprint density at radius 1 is 1.11 bits per heavy atom. The van der Waals surface area contributed by atoms with E-state index in [1.54, 1.807) is 0 Å². The van der Waals surface area contributed by atoms with Gasteiger partial charge in [0.1, 0.15) is 0 Å². The summed E-state index contributed by atoms with van der Waals surface area (Å²) in [4.78, 5) is 4.35. The second kappa shape index (κ2) is 6.31. The smallest absolute Gasteiger partial charge is 0.0447 e. The minimum atomic E-state index is 0.453. The summed E-state index contributed by atoms with van der Waals surface area (Å²) < 4.78 is 0. The van der Waals surface area contributed by atoms with Crippen molar-refractivity contribution < 1.29 is 0 Å². The third-order valence-electron chi connectivity index (χ3n) is 3.25. The molecule has 0 radical (unpaired) electrons. The standard InChI is InChI=1S/C16H20N2/c1-3-16(17-2)14-9-7-13(8-10-14)12-15-6-4-5-11-18-15/h4-11,16-17H,3,12H2,1-2H3. The Morgan fingerprint density at radius 3 is 2.44 bits per heavy atom. The van der Waals surface area contributed by atoms with Gasteiger partial charge in [-0.25, -0.2) is 0 Å². The summed E-state index contributed by atoms with van der Waals surface area (Å²) in [7, 11) is 2.01. The molecule has 2 nitrogen and oxygen atoms in total. The van der Waals surface area contributed by atoms with Gasteiger partial charge in [0.05, 0.1) is 0 Å². The first-order valence-electron chi connectivity index (χ1n) is 6.49. The Balaban J connectivity index is 2.08. The third kappa shape index (κ3) is 3.17. The first kappa shape index (κ1) is 12.8. The number of nitrogens with one attached hydrogen (secondary N) is 1. The van der Waals surface area contributed by atoms with E-state index >= 15 is 0 Å². The minimum absolute atomic E-state index is 0.453. The van der Waals surface area contributed by atoms with E-state index in [-0.39, 0.29) is 0 Å². The molecule has 0 aliphatic heterocycles. The molecule has 0 spiro atoms. The highest BCUT2D eigenvalue weighted by Gasteiger charge is 2.05. The largest absolute Gasteiger partial charge is 0.313 e. The zero-order chi connectivity index (χ0) is 12.8. The van der Waals surface area contributed by atoms with Gasteiger partial charge in [-0.3, -0.25) is 4.98 Å². The molecular weight excluding hydrogens is 220 g/mol. The van der Waals surface area contributed by atoms with Crippen molar-refractivity contribution in [3.63, 3.8) is 0 Å². The molecule has 1 N–H and O–H groups in total. The maximum atomic E-state index is 4.35. The molecule has 2 heteroatoms. The maximum Gasteiger partial charge on any atom is 0.0447 e. The highest BCUT2D eigenvalue weighted by molar-refractivity contribution is 5.27. The molecule has 1 aromatic carbocycles. The van der Waals surface area contributed by atoms with E-state index in [2.05, 4.69) is 47.6 Å². The number of nitrogens with zero attached hydrogens (tertiary/aromatic N) is 1. The van der Waals surface area contributed by atoms with Gasteiger partial charge in [0, 0.05) is 24.4 Å². The van der Waals surface area contributed by atoms with E-state index in [0.717, 1.165) is 18.5 Å². The topological polar surface area (TPSA) is 24.9 Å². The molecule has 18 heavy (non-hydrogen) atoms. The lowest BCUT2D eigenvalue weighted by Gasteiger charge is -2.14. The summed E-state index contributed by atoms with van der Waals surface area (Å²) in [6.07, 6.45) is 3.85. The lowest BCUT2D eigenvalue weighted by atomic mass is 10.0. The molecule has 0 aliphatic rings. The fraction of sp³-hybridized carbons (Fsp3) is 0.312. The van der Waals surface area contributed by atoms with Gasteiger partial charge < -0.3 is 5.32 Å². The Labute approximate surface area is 109 Å². The molecule has 1 atom stereocenters. The van der Waals surface area contributed by atoms with E-state index in [1.165, 1.54) is 11.1 Å². The van der Waals surface area contributed by atoms with E-state index < -0.39 is 0 Å². The number of benzene rings is 1. The second-order valence-corrected chi connectivity index (χ2v) is 4.49. The first-order valence-corrected chi connectivity index (χ1v) is 6.49. The van der Waals surface area contributed by atoms with Crippen molar-refractivity contribution in [3.8, 4) is 0 Å². The molecule has 0 aliphatic carbocycles. The zero-order valence-corrected chi connectivity index (χ0v) is 11.1. The SMILES string of the molecule is CCC(NC)c1ccc(Cc2ccccn2)cc1. The number of aromatic nitrogens is 1.